The zero-order valence-electron chi connectivity index (χ0n) is 12.1. The van der Waals surface area contributed by atoms with Gasteiger partial charge >= 0.3 is 0 Å². The van der Waals surface area contributed by atoms with E-state index in [1.165, 1.54) is 18.4 Å². The summed E-state index contributed by atoms with van der Waals surface area (Å²) in [5.41, 5.74) is 6.79. The van der Waals surface area contributed by atoms with Gasteiger partial charge in [-0.1, -0.05) is 23.7 Å². The highest BCUT2D eigenvalue weighted by molar-refractivity contribution is 6.30. The molecule has 0 spiro atoms. The number of carbonyl (C=O) groups excluding carboxylic acids is 1. The molecule has 5 heteroatoms. The molecule has 116 valence electrons. The summed E-state index contributed by atoms with van der Waals surface area (Å²) in [4.78, 5) is 12.4. The Morgan fingerprint density at radius 3 is 2.76 bits per heavy atom. The second kappa shape index (κ2) is 6.15. The molecular weight excluding hydrogens is 307 g/mol. The van der Waals surface area contributed by atoms with Crippen molar-refractivity contribution in [3.8, 4) is 0 Å². The van der Waals surface area contributed by atoms with Crippen LogP contribution in [0, 0.1) is 11.8 Å². The van der Waals surface area contributed by atoms with Gasteiger partial charge in [0.2, 0.25) is 5.91 Å². The maximum atomic E-state index is 12.4. The van der Waals surface area contributed by atoms with Crippen LogP contribution >= 0.6 is 24.0 Å². The van der Waals surface area contributed by atoms with Crippen molar-refractivity contribution in [2.75, 3.05) is 6.54 Å². The van der Waals surface area contributed by atoms with E-state index >= 15 is 0 Å². The molecule has 0 aliphatic heterocycles. The predicted octanol–water partition coefficient (Wildman–Crippen LogP) is 3.11. The molecule has 2 saturated carbocycles. The Morgan fingerprint density at radius 1 is 1.48 bits per heavy atom. The number of amides is 1. The molecule has 0 heterocycles. The van der Waals surface area contributed by atoms with Gasteiger partial charge in [-0.2, -0.15) is 0 Å². The highest BCUT2D eigenvalue weighted by Crippen LogP contribution is 2.49. The van der Waals surface area contributed by atoms with Gasteiger partial charge in [0.25, 0.3) is 0 Å². The second-order valence-corrected chi connectivity index (χ2v) is 6.83. The van der Waals surface area contributed by atoms with E-state index in [1.807, 2.05) is 24.3 Å². The maximum absolute atomic E-state index is 12.4. The van der Waals surface area contributed by atoms with Gasteiger partial charge < -0.3 is 11.1 Å². The van der Waals surface area contributed by atoms with Gasteiger partial charge in [0.15, 0.2) is 0 Å². The first-order chi connectivity index (χ1) is 9.53. The third-order valence-electron chi connectivity index (χ3n) is 4.72. The zero-order chi connectivity index (χ0) is 14.3. The molecule has 3 nitrogen and oxygen atoms in total. The van der Waals surface area contributed by atoms with Gasteiger partial charge in [-0.25, -0.2) is 0 Å². The number of nitrogens with two attached hydrogens (primary N) is 1. The van der Waals surface area contributed by atoms with E-state index in [0.29, 0.717) is 18.4 Å². The van der Waals surface area contributed by atoms with Crippen molar-refractivity contribution in [3.05, 3.63) is 34.9 Å². The number of nitrogens with one attached hydrogen (secondary N) is 1. The molecule has 3 rings (SSSR count). The molecular formula is C16H22Cl2N2O. The molecule has 3 atom stereocenters. The van der Waals surface area contributed by atoms with Crippen molar-refractivity contribution in [1.29, 1.82) is 0 Å². The summed E-state index contributed by atoms with van der Waals surface area (Å²) < 4.78 is 0. The Hall–Kier alpha value is -0.770. The van der Waals surface area contributed by atoms with Gasteiger partial charge in [-0.15, -0.1) is 12.4 Å². The van der Waals surface area contributed by atoms with E-state index in [1.54, 1.807) is 0 Å². The van der Waals surface area contributed by atoms with Crippen molar-refractivity contribution in [3.63, 3.8) is 0 Å². The number of carbonyl (C=O) groups is 1. The minimum absolute atomic E-state index is 0. The fraction of sp³-hybridized carbons (Fsp3) is 0.562. The van der Waals surface area contributed by atoms with Crippen molar-refractivity contribution in [2.24, 2.45) is 17.6 Å². The van der Waals surface area contributed by atoms with Crippen LogP contribution in [0.25, 0.3) is 0 Å². The molecule has 0 bridgehead atoms. The Kier molecular flexibility index (Phi) is 4.86. The van der Waals surface area contributed by atoms with E-state index in [4.69, 9.17) is 17.3 Å². The summed E-state index contributed by atoms with van der Waals surface area (Å²) in [6.07, 6.45) is 3.27. The van der Waals surface area contributed by atoms with Gasteiger partial charge in [0.05, 0.1) is 5.54 Å². The molecule has 0 aromatic heterocycles. The van der Waals surface area contributed by atoms with Crippen LogP contribution in [0.15, 0.2) is 24.3 Å². The fourth-order valence-electron chi connectivity index (χ4n) is 3.00. The zero-order valence-corrected chi connectivity index (χ0v) is 13.7. The summed E-state index contributed by atoms with van der Waals surface area (Å²) in [5.74, 6) is 1.10. The minimum atomic E-state index is -0.224. The van der Waals surface area contributed by atoms with Crippen molar-refractivity contribution >= 4 is 29.9 Å². The third kappa shape index (κ3) is 3.53. The molecule has 2 aliphatic rings. The number of rotatable bonds is 5. The summed E-state index contributed by atoms with van der Waals surface area (Å²) in [7, 11) is 0. The van der Waals surface area contributed by atoms with Crippen molar-refractivity contribution in [1.82, 2.24) is 5.32 Å². The Labute approximate surface area is 137 Å². The van der Waals surface area contributed by atoms with Crippen LogP contribution < -0.4 is 11.1 Å². The molecule has 3 N–H and O–H groups in total. The predicted molar refractivity (Wildman–Crippen MR) is 87.9 cm³/mol. The molecule has 21 heavy (non-hydrogen) atoms. The smallest absolute Gasteiger partial charge is 0.224 e. The van der Waals surface area contributed by atoms with E-state index in [9.17, 15) is 4.79 Å². The maximum Gasteiger partial charge on any atom is 0.224 e. The SMILES string of the molecule is CC(CN)(NC(=O)C1CC1c1cccc(Cl)c1)C1CC1.Cl. The van der Waals surface area contributed by atoms with E-state index in [0.717, 1.165) is 11.4 Å². The summed E-state index contributed by atoms with van der Waals surface area (Å²) >= 11 is 6.01. The molecule has 1 aromatic carbocycles. The molecule has 2 aliphatic carbocycles. The lowest BCUT2D eigenvalue weighted by molar-refractivity contribution is -0.124. The number of hydrogen-bond donors (Lipinski definition) is 2. The number of benzene rings is 1. The normalized spacial score (nSPS) is 26.4. The van der Waals surface area contributed by atoms with Crippen molar-refractivity contribution in [2.45, 2.75) is 37.6 Å². The highest BCUT2D eigenvalue weighted by atomic mass is 35.5. The molecule has 1 aromatic rings. The van der Waals surface area contributed by atoms with Crippen LogP contribution in [0.1, 0.15) is 37.7 Å². The molecule has 1 amide bonds. The Morgan fingerprint density at radius 2 is 2.19 bits per heavy atom. The second-order valence-electron chi connectivity index (χ2n) is 6.39. The lowest BCUT2D eigenvalue weighted by Gasteiger charge is -2.29. The lowest BCUT2D eigenvalue weighted by Crippen LogP contribution is -2.53. The topological polar surface area (TPSA) is 55.1 Å². The van der Waals surface area contributed by atoms with Crippen LogP contribution in [0.2, 0.25) is 5.02 Å². The van der Waals surface area contributed by atoms with Crippen LogP contribution in [0.5, 0.6) is 0 Å². The molecule has 3 unspecified atom stereocenters. The van der Waals surface area contributed by atoms with Gasteiger partial charge in [-0.3, -0.25) is 4.79 Å². The van der Waals surface area contributed by atoms with Crippen LogP contribution in [0.4, 0.5) is 0 Å². The number of halogens is 2. The van der Waals surface area contributed by atoms with Gasteiger partial charge in [-0.05, 0) is 55.7 Å². The average Bonchev–Trinajstić information content (AvgIpc) is 3.30. The van der Waals surface area contributed by atoms with Crippen LogP contribution in [0.3, 0.4) is 0 Å². The molecule has 0 radical (unpaired) electrons. The Balaban J connectivity index is 0.00000161. The summed E-state index contributed by atoms with van der Waals surface area (Å²) in [5, 5.41) is 3.92. The van der Waals surface area contributed by atoms with Crippen molar-refractivity contribution < 1.29 is 4.79 Å². The Bertz CT molecular complexity index is 533. The first kappa shape index (κ1) is 16.6. The number of hydrogen-bond acceptors (Lipinski definition) is 2. The minimum Gasteiger partial charge on any atom is -0.349 e. The average molecular weight is 329 g/mol. The standard InChI is InChI=1S/C16H21ClN2O.ClH/c1-16(9-18,11-5-6-11)19-15(20)14-8-13(14)10-3-2-4-12(17)7-10;/h2-4,7,11,13-14H,5-6,8-9,18H2,1H3,(H,19,20);1H. The monoisotopic (exact) mass is 328 g/mol. The first-order valence-corrected chi connectivity index (χ1v) is 7.69. The van der Waals surface area contributed by atoms with Gasteiger partial charge in [0, 0.05) is 17.5 Å². The van der Waals surface area contributed by atoms with E-state index in [-0.39, 0.29) is 29.8 Å². The fourth-order valence-corrected chi connectivity index (χ4v) is 3.20. The molecule has 2 fully saturated rings. The first-order valence-electron chi connectivity index (χ1n) is 7.31. The van der Waals surface area contributed by atoms with E-state index < -0.39 is 0 Å². The quantitative estimate of drug-likeness (QED) is 0.872. The molecule has 0 saturated heterocycles. The highest BCUT2D eigenvalue weighted by Gasteiger charge is 2.48. The van der Waals surface area contributed by atoms with Gasteiger partial charge in [0.1, 0.15) is 0 Å². The summed E-state index contributed by atoms with van der Waals surface area (Å²) in [6.45, 7) is 2.58. The summed E-state index contributed by atoms with van der Waals surface area (Å²) in [6, 6.07) is 7.82. The van der Waals surface area contributed by atoms with E-state index in [2.05, 4.69) is 12.2 Å². The lowest BCUT2D eigenvalue weighted by atomic mass is 9.95. The largest absolute Gasteiger partial charge is 0.349 e. The van der Waals surface area contributed by atoms with Crippen LogP contribution in [-0.4, -0.2) is 18.0 Å². The van der Waals surface area contributed by atoms with Crippen LogP contribution in [-0.2, 0) is 4.79 Å². The third-order valence-corrected chi connectivity index (χ3v) is 4.95.